The Morgan fingerprint density at radius 1 is 1.24 bits per heavy atom. The highest BCUT2D eigenvalue weighted by Crippen LogP contribution is 2.33. The fourth-order valence-corrected chi connectivity index (χ4v) is 2.50. The van der Waals surface area contributed by atoms with Gasteiger partial charge in [-0.3, -0.25) is 0 Å². The van der Waals surface area contributed by atoms with Crippen LogP contribution >= 0.6 is 15.9 Å². The standard InChI is InChI=1S/C16H27BrN2O2/c1-6-12(2)19(3)8-7-18-11-13-9-15(20-4)16(21-5)10-14(13)17/h9-10,12,18H,6-8,11H2,1-5H3. The van der Waals surface area contributed by atoms with Crippen LogP contribution < -0.4 is 14.8 Å². The maximum atomic E-state index is 5.34. The average molecular weight is 359 g/mol. The lowest BCUT2D eigenvalue weighted by atomic mass is 10.2. The number of nitrogens with one attached hydrogen (secondary N) is 1. The zero-order valence-corrected chi connectivity index (χ0v) is 15.3. The van der Waals surface area contributed by atoms with Crippen LogP contribution in [0.2, 0.25) is 0 Å². The molecule has 1 aromatic rings. The van der Waals surface area contributed by atoms with Crippen LogP contribution in [0.4, 0.5) is 0 Å². The maximum absolute atomic E-state index is 5.34. The van der Waals surface area contributed by atoms with Crippen molar-refractivity contribution in [3.8, 4) is 11.5 Å². The highest BCUT2D eigenvalue weighted by molar-refractivity contribution is 9.10. The zero-order chi connectivity index (χ0) is 15.8. The highest BCUT2D eigenvalue weighted by Gasteiger charge is 2.10. The first-order chi connectivity index (χ1) is 10.0. The molecule has 120 valence electrons. The molecule has 21 heavy (non-hydrogen) atoms. The number of methoxy groups -OCH3 is 2. The highest BCUT2D eigenvalue weighted by atomic mass is 79.9. The van der Waals surface area contributed by atoms with Gasteiger partial charge in [-0.15, -0.1) is 0 Å². The van der Waals surface area contributed by atoms with Crippen LogP contribution in [0.15, 0.2) is 16.6 Å². The SMILES string of the molecule is CCC(C)N(C)CCNCc1cc(OC)c(OC)cc1Br. The Hall–Kier alpha value is -0.780. The van der Waals surface area contributed by atoms with Gasteiger partial charge in [0.1, 0.15) is 0 Å². The summed E-state index contributed by atoms with van der Waals surface area (Å²) in [7, 11) is 5.47. The molecule has 0 saturated carbocycles. The molecular weight excluding hydrogens is 332 g/mol. The predicted molar refractivity (Wildman–Crippen MR) is 91.3 cm³/mol. The minimum atomic E-state index is 0.625. The molecule has 1 atom stereocenters. The molecule has 0 amide bonds. The summed E-state index contributed by atoms with van der Waals surface area (Å²) in [5.41, 5.74) is 1.17. The first-order valence-corrected chi connectivity index (χ1v) is 8.14. The van der Waals surface area contributed by atoms with Crippen LogP contribution in [0.3, 0.4) is 0 Å². The molecular formula is C16H27BrN2O2. The zero-order valence-electron chi connectivity index (χ0n) is 13.7. The van der Waals surface area contributed by atoms with Crippen molar-refractivity contribution in [3.63, 3.8) is 0 Å². The van der Waals surface area contributed by atoms with Crippen molar-refractivity contribution in [1.29, 1.82) is 0 Å². The molecule has 0 spiro atoms. The number of nitrogens with zero attached hydrogens (tertiary/aromatic N) is 1. The van der Waals surface area contributed by atoms with Crippen LogP contribution in [0.1, 0.15) is 25.8 Å². The second-order valence-electron chi connectivity index (χ2n) is 5.21. The van der Waals surface area contributed by atoms with Gasteiger partial charge in [-0.1, -0.05) is 22.9 Å². The van der Waals surface area contributed by atoms with Gasteiger partial charge in [0.15, 0.2) is 11.5 Å². The van der Waals surface area contributed by atoms with Gasteiger partial charge in [0.25, 0.3) is 0 Å². The van der Waals surface area contributed by atoms with Crippen LogP contribution in [0.25, 0.3) is 0 Å². The van der Waals surface area contributed by atoms with E-state index in [0.717, 1.165) is 35.6 Å². The molecule has 0 radical (unpaired) electrons. The first kappa shape index (κ1) is 18.3. The average Bonchev–Trinajstić information content (AvgIpc) is 2.51. The van der Waals surface area contributed by atoms with Crippen molar-refractivity contribution in [2.75, 3.05) is 34.4 Å². The van der Waals surface area contributed by atoms with E-state index in [4.69, 9.17) is 9.47 Å². The fraction of sp³-hybridized carbons (Fsp3) is 0.625. The lowest BCUT2D eigenvalue weighted by Gasteiger charge is -2.23. The van der Waals surface area contributed by atoms with Crippen molar-refractivity contribution < 1.29 is 9.47 Å². The summed E-state index contributed by atoms with van der Waals surface area (Å²) in [6, 6.07) is 4.58. The first-order valence-electron chi connectivity index (χ1n) is 7.34. The smallest absolute Gasteiger partial charge is 0.161 e. The van der Waals surface area contributed by atoms with Crippen molar-refractivity contribution in [2.45, 2.75) is 32.9 Å². The molecule has 0 aliphatic heterocycles. The number of hydrogen-bond donors (Lipinski definition) is 1. The molecule has 0 aliphatic rings. The molecule has 4 nitrogen and oxygen atoms in total. The van der Waals surface area contributed by atoms with Crippen LogP contribution in [-0.2, 0) is 6.54 Å². The van der Waals surface area contributed by atoms with Gasteiger partial charge in [0, 0.05) is 30.1 Å². The van der Waals surface area contributed by atoms with E-state index in [-0.39, 0.29) is 0 Å². The number of ether oxygens (including phenoxy) is 2. The van der Waals surface area contributed by atoms with Gasteiger partial charge < -0.3 is 19.7 Å². The topological polar surface area (TPSA) is 33.7 Å². The van der Waals surface area contributed by atoms with Crippen molar-refractivity contribution in [3.05, 3.63) is 22.2 Å². The molecule has 0 fully saturated rings. The predicted octanol–water partition coefficient (Wildman–Crippen LogP) is 3.29. The third-order valence-corrected chi connectivity index (χ3v) is 4.59. The second-order valence-corrected chi connectivity index (χ2v) is 6.07. The van der Waals surface area contributed by atoms with Gasteiger partial charge in [-0.25, -0.2) is 0 Å². The lowest BCUT2D eigenvalue weighted by Crippen LogP contribution is -2.34. The van der Waals surface area contributed by atoms with E-state index in [0.29, 0.717) is 6.04 Å². The summed E-state index contributed by atoms with van der Waals surface area (Å²) in [5, 5.41) is 3.47. The molecule has 5 heteroatoms. The molecule has 0 heterocycles. The minimum Gasteiger partial charge on any atom is -0.493 e. The Bertz CT molecular complexity index is 441. The van der Waals surface area contributed by atoms with Gasteiger partial charge in [-0.2, -0.15) is 0 Å². The molecule has 1 aromatic carbocycles. The summed E-state index contributed by atoms with van der Waals surface area (Å²) in [6.45, 7) is 7.27. The van der Waals surface area contributed by atoms with Crippen molar-refractivity contribution >= 4 is 15.9 Å². The van der Waals surface area contributed by atoms with E-state index < -0.39 is 0 Å². The maximum Gasteiger partial charge on any atom is 0.161 e. The van der Waals surface area contributed by atoms with Gasteiger partial charge in [0.2, 0.25) is 0 Å². The van der Waals surface area contributed by atoms with Crippen molar-refractivity contribution in [2.24, 2.45) is 0 Å². The minimum absolute atomic E-state index is 0.625. The largest absolute Gasteiger partial charge is 0.493 e. The van der Waals surface area contributed by atoms with Crippen molar-refractivity contribution in [1.82, 2.24) is 10.2 Å². The number of rotatable bonds is 9. The Labute approximate surface area is 136 Å². The lowest BCUT2D eigenvalue weighted by molar-refractivity contribution is 0.251. The molecule has 1 rings (SSSR count). The van der Waals surface area contributed by atoms with Gasteiger partial charge in [-0.05, 0) is 38.1 Å². The third kappa shape index (κ3) is 5.49. The van der Waals surface area contributed by atoms with E-state index in [1.165, 1.54) is 12.0 Å². The number of halogens is 1. The van der Waals surface area contributed by atoms with Crippen LogP contribution in [0.5, 0.6) is 11.5 Å². The third-order valence-electron chi connectivity index (χ3n) is 3.85. The Morgan fingerprint density at radius 2 is 1.86 bits per heavy atom. The summed E-state index contributed by atoms with van der Waals surface area (Å²) >= 11 is 3.58. The Balaban J connectivity index is 2.52. The molecule has 1 N–H and O–H groups in total. The summed E-state index contributed by atoms with van der Waals surface area (Å²) < 4.78 is 11.7. The molecule has 1 unspecified atom stereocenters. The van der Waals surface area contributed by atoms with E-state index in [2.05, 4.69) is 47.0 Å². The summed E-state index contributed by atoms with van der Waals surface area (Å²) in [6.07, 6.45) is 1.18. The molecule has 0 aliphatic carbocycles. The van der Waals surface area contributed by atoms with Crippen LogP contribution in [0, 0.1) is 0 Å². The Morgan fingerprint density at radius 3 is 2.43 bits per heavy atom. The molecule has 0 saturated heterocycles. The number of likely N-dealkylation sites (N-methyl/N-ethyl adjacent to an activating group) is 1. The molecule has 0 bridgehead atoms. The number of hydrogen-bond acceptors (Lipinski definition) is 4. The van der Waals surface area contributed by atoms with E-state index in [1.807, 2.05) is 12.1 Å². The quantitative estimate of drug-likeness (QED) is 0.686. The summed E-state index contributed by atoms with van der Waals surface area (Å²) in [4.78, 5) is 2.37. The summed E-state index contributed by atoms with van der Waals surface area (Å²) in [5.74, 6) is 1.50. The van der Waals surface area contributed by atoms with Gasteiger partial charge >= 0.3 is 0 Å². The Kier molecular flexibility index (Phi) is 8.07. The molecule has 0 aromatic heterocycles. The normalized spacial score (nSPS) is 12.5. The fourth-order valence-electron chi connectivity index (χ4n) is 2.04. The van der Waals surface area contributed by atoms with Gasteiger partial charge in [0.05, 0.1) is 14.2 Å². The second kappa shape index (κ2) is 9.28. The van der Waals surface area contributed by atoms with E-state index in [1.54, 1.807) is 14.2 Å². The van der Waals surface area contributed by atoms with E-state index in [9.17, 15) is 0 Å². The van der Waals surface area contributed by atoms with Crippen LogP contribution in [-0.4, -0.2) is 45.3 Å². The number of benzene rings is 1. The van der Waals surface area contributed by atoms with E-state index >= 15 is 0 Å². The monoisotopic (exact) mass is 358 g/mol.